The number of phenols is 2. The number of anilines is 1. The molecule has 2 aromatic carbocycles. The van der Waals surface area contributed by atoms with Crippen LogP contribution in [0.4, 0.5) is 5.69 Å². The molecule has 0 saturated heterocycles. The molecule has 0 heterocycles. The number of benzene rings is 2. The number of hydrogen-bond donors (Lipinski definition) is 3. The molecule has 2 rings (SSSR count). The van der Waals surface area contributed by atoms with Crippen LogP contribution in [-0.2, 0) is 0 Å². The third-order valence-corrected chi connectivity index (χ3v) is 3.09. The third-order valence-electron chi connectivity index (χ3n) is 3.09. The van der Waals surface area contributed by atoms with Crippen LogP contribution in [0.5, 0.6) is 11.5 Å². The molecule has 0 aromatic heterocycles. The Kier molecular flexibility index (Phi) is 3.65. The Hall–Kier alpha value is -2.16. The van der Waals surface area contributed by atoms with E-state index in [-0.39, 0.29) is 17.5 Å². The standard InChI is InChI=1S/C16H19NO2/c1-10-6-11(2)8-13(7-10)17-12(3)15-5-4-14(18)9-16(15)19/h4-9,12,17-19H,1-3H3. The monoisotopic (exact) mass is 257 g/mol. The molecule has 0 aliphatic carbocycles. The highest BCUT2D eigenvalue weighted by Crippen LogP contribution is 2.30. The summed E-state index contributed by atoms with van der Waals surface area (Å²) in [5.74, 6) is 0.171. The lowest BCUT2D eigenvalue weighted by Crippen LogP contribution is -2.07. The number of aryl methyl sites for hydroxylation is 2. The van der Waals surface area contributed by atoms with Crippen LogP contribution in [0.2, 0.25) is 0 Å². The highest BCUT2D eigenvalue weighted by Gasteiger charge is 2.11. The first-order chi connectivity index (χ1) is 8.95. The van der Waals surface area contributed by atoms with E-state index in [0.29, 0.717) is 0 Å². The highest BCUT2D eigenvalue weighted by atomic mass is 16.3. The Morgan fingerprint density at radius 1 is 0.947 bits per heavy atom. The molecule has 1 atom stereocenters. The Morgan fingerprint density at radius 2 is 1.58 bits per heavy atom. The zero-order chi connectivity index (χ0) is 14.0. The topological polar surface area (TPSA) is 52.5 Å². The molecule has 3 heteroatoms. The first-order valence-corrected chi connectivity index (χ1v) is 6.32. The summed E-state index contributed by atoms with van der Waals surface area (Å²) in [6.45, 7) is 6.09. The highest BCUT2D eigenvalue weighted by molar-refractivity contribution is 5.51. The van der Waals surface area contributed by atoms with Crippen LogP contribution in [0.3, 0.4) is 0 Å². The average Bonchev–Trinajstić information content (AvgIpc) is 2.26. The minimum atomic E-state index is -0.0400. The van der Waals surface area contributed by atoms with Gasteiger partial charge in [0.2, 0.25) is 0 Å². The van der Waals surface area contributed by atoms with Gasteiger partial charge in [-0.3, -0.25) is 0 Å². The van der Waals surface area contributed by atoms with Crippen LogP contribution in [0, 0.1) is 13.8 Å². The second-order valence-electron chi connectivity index (χ2n) is 4.99. The van der Waals surface area contributed by atoms with Crippen molar-refractivity contribution in [3.63, 3.8) is 0 Å². The maximum absolute atomic E-state index is 9.85. The van der Waals surface area contributed by atoms with Crippen LogP contribution in [-0.4, -0.2) is 10.2 Å². The second kappa shape index (κ2) is 5.22. The second-order valence-corrected chi connectivity index (χ2v) is 4.99. The molecule has 100 valence electrons. The molecular weight excluding hydrogens is 238 g/mol. The Bertz CT molecular complexity index is 573. The molecule has 0 aliphatic heterocycles. The zero-order valence-corrected chi connectivity index (χ0v) is 11.4. The fourth-order valence-electron chi connectivity index (χ4n) is 2.28. The molecule has 2 aromatic rings. The van der Waals surface area contributed by atoms with Crippen molar-refractivity contribution >= 4 is 5.69 Å². The van der Waals surface area contributed by atoms with Crippen molar-refractivity contribution in [2.45, 2.75) is 26.8 Å². The summed E-state index contributed by atoms with van der Waals surface area (Å²) < 4.78 is 0. The number of hydrogen-bond acceptors (Lipinski definition) is 3. The van der Waals surface area contributed by atoms with E-state index in [9.17, 15) is 10.2 Å². The quantitative estimate of drug-likeness (QED) is 0.782. The van der Waals surface area contributed by atoms with Crippen molar-refractivity contribution in [3.8, 4) is 11.5 Å². The Labute approximate surface area is 113 Å². The lowest BCUT2D eigenvalue weighted by molar-refractivity contribution is 0.444. The van der Waals surface area contributed by atoms with E-state index in [0.717, 1.165) is 11.3 Å². The van der Waals surface area contributed by atoms with Gasteiger partial charge in [0.1, 0.15) is 11.5 Å². The average molecular weight is 257 g/mol. The maximum atomic E-state index is 9.85. The fraction of sp³-hybridized carbons (Fsp3) is 0.250. The van der Waals surface area contributed by atoms with Crippen LogP contribution in [0.15, 0.2) is 36.4 Å². The number of rotatable bonds is 3. The van der Waals surface area contributed by atoms with E-state index >= 15 is 0 Å². The molecule has 0 saturated carbocycles. The van der Waals surface area contributed by atoms with Gasteiger partial charge in [0.15, 0.2) is 0 Å². The summed E-state index contributed by atoms with van der Waals surface area (Å²) in [4.78, 5) is 0. The van der Waals surface area contributed by atoms with Gasteiger partial charge in [-0.25, -0.2) is 0 Å². The van der Waals surface area contributed by atoms with Gasteiger partial charge in [0.05, 0.1) is 6.04 Å². The largest absolute Gasteiger partial charge is 0.508 e. The van der Waals surface area contributed by atoms with Crippen molar-refractivity contribution < 1.29 is 10.2 Å². The molecule has 3 N–H and O–H groups in total. The van der Waals surface area contributed by atoms with Gasteiger partial charge >= 0.3 is 0 Å². The molecule has 3 nitrogen and oxygen atoms in total. The summed E-state index contributed by atoms with van der Waals surface area (Å²) >= 11 is 0. The Morgan fingerprint density at radius 3 is 2.16 bits per heavy atom. The molecule has 0 radical (unpaired) electrons. The summed E-state index contributed by atoms with van der Waals surface area (Å²) in [5, 5.41) is 22.5. The van der Waals surface area contributed by atoms with Crippen molar-refractivity contribution in [2.75, 3.05) is 5.32 Å². The molecule has 19 heavy (non-hydrogen) atoms. The smallest absolute Gasteiger partial charge is 0.124 e. The number of nitrogens with one attached hydrogen (secondary N) is 1. The van der Waals surface area contributed by atoms with E-state index < -0.39 is 0 Å². The summed E-state index contributed by atoms with van der Waals surface area (Å²) in [6, 6.07) is 10.9. The number of phenolic OH excluding ortho intramolecular Hbond substituents is 2. The predicted molar refractivity (Wildman–Crippen MR) is 77.7 cm³/mol. The van der Waals surface area contributed by atoms with Crippen LogP contribution >= 0.6 is 0 Å². The minimum Gasteiger partial charge on any atom is -0.508 e. The predicted octanol–water partition coefficient (Wildman–Crippen LogP) is 3.89. The first kappa shape index (κ1) is 13.3. The van der Waals surface area contributed by atoms with E-state index in [1.54, 1.807) is 12.1 Å². The van der Waals surface area contributed by atoms with Crippen molar-refractivity contribution in [2.24, 2.45) is 0 Å². The van der Waals surface area contributed by atoms with E-state index in [1.807, 2.05) is 6.92 Å². The van der Waals surface area contributed by atoms with Gasteiger partial charge in [-0.1, -0.05) is 6.07 Å². The third kappa shape index (κ3) is 3.19. The molecule has 0 amide bonds. The lowest BCUT2D eigenvalue weighted by Gasteiger charge is -2.18. The minimum absolute atomic E-state index is 0.0400. The van der Waals surface area contributed by atoms with Gasteiger partial charge in [-0.2, -0.15) is 0 Å². The lowest BCUT2D eigenvalue weighted by atomic mass is 10.1. The van der Waals surface area contributed by atoms with Gasteiger partial charge in [-0.15, -0.1) is 0 Å². The molecular formula is C16H19NO2. The summed E-state index contributed by atoms with van der Waals surface area (Å²) in [7, 11) is 0. The normalized spacial score (nSPS) is 12.2. The van der Waals surface area contributed by atoms with Crippen molar-refractivity contribution in [1.82, 2.24) is 0 Å². The van der Waals surface area contributed by atoms with Gasteiger partial charge in [0.25, 0.3) is 0 Å². The van der Waals surface area contributed by atoms with Crippen molar-refractivity contribution in [3.05, 3.63) is 53.1 Å². The molecule has 0 fully saturated rings. The SMILES string of the molecule is Cc1cc(C)cc(NC(C)c2ccc(O)cc2O)c1. The van der Waals surface area contributed by atoms with Gasteiger partial charge in [-0.05, 0) is 56.2 Å². The van der Waals surface area contributed by atoms with Gasteiger partial charge in [0, 0.05) is 17.3 Å². The van der Waals surface area contributed by atoms with Crippen LogP contribution in [0.1, 0.15) is 29.7 Å². The van der Waals surface area contributed by atoms with E-state index in [4.69, 9.17) is 0 Å². The maximum Gasteiger partial charge on any atom is 0.124 e. The van der Waals surface area contributed by atoms with Crippen molar-refractivity contribution in [1.29, 1.82) is 0 Å². The Balaban J connectivity index is 2.22. The molecule has 0 bridgehead atoms. The molecule has 0 spiro atoms. The van der Waals surface area contributed by atoms with E-state index in [1.165, 1.54) is 17.2 Å². The van der Waals surface area contributed by atoms with Gasteiger partial charge < -0.3 is 15.5 Å². The van der Waals surface area contributed by atoms with Crippen LogP contribution < -0.4 is 5.32 Å². The molecule has 0 aliphatic rings. The van der Waals surface area contributed by atoms with Crippen LogP contribution in [0.25, 0.3) is 0 Å². The van der Waals surface area contributed by atoms with E-state index in [2.05, 4.69) is 37.4 Å². The zero-order valence-electron chi connectivity index (χ0n) is 11.4. The summed E-state index contributed by atoms with van der Waals surface area (Å²) in [5.41, 5.74) is 4.18. The number of aromatic hydroxyl groups is 2. The molecule has 1 unspecified atom stereocenters. The first-order valence-electron chi connectivity index (χ1n) is 6.32. The fourth-order valence-corrected chi connectivity index (χ4v) is 2.28. The summed E-state index contributed by atoms with van der Waals surface area (Å²) in [6.07, 6.45) is 0.